The number of thiocarbonyl (C=S) groups is 1. The van der Waals surface area contributed by atoms with Crippen LogP contribution in [0.2, 0.25) is 0 Å². The van der Waals surface area contributed by atoms with E-state index < -0.39 is 0 Å². The first-order valence-electron chi connectivity index (χ1n) is 1.72. The molecule has 0 N–H and O–H groups in total. The summed E-state index contributed by atoms with van der Waals surface area (Å²) in [6.07, 6.45) is 0.773. The Morgan fingerprint density at radius 1 is 1.67 bits per heavy atom. The highest BCUT2D eigenvalue weighted by Gasteiger charge is 2.05. The lowest BCUT2D eigenvalue weighted by Crippen LogP contribution is -1.83. The summed E-state index contributed by atoms with van der Waals surface area (Å²) in [5.41, 5.74) is 0. The largest absolute Gasteiger partial charge is 0.330 e. The van der Waals surface area contributed by atoms with E-state index in [1.807, 2.05) is 0 Å². The third kappa shape index (κ3) is 0.666. The second kappa shape index (κ2) is 1.53. The van der Waals surface area contributed by atoms with Crippen molar-refractivity contribution in [2.45, 2.75) is 6.42 Å². The van der Waals surface area contributed by atoms with Crippen LogP contribution >= 0.6 is 12.2 Å². The predicted octanol–water partition coefficient (Wildman–Crippen LogP) is 0.666. The molecule has 2 nitrogen and oxygen atoms in total. The van der Waals surface area contributed by atoms with Gasteiger partial charge in [0, 0.05) is 6.42 Å². The van der Waals surface area contributed by atoms with Crippen molar-refractivity contribution < 1.29 is 9.78 Å². The lowest BCUT2D eigenvalue weighted by molar-refractivity contribution is -0.191. The standard InChI is InChI=1S/C3H4O2S/c6-3-1-2-4-5-3/h1-2H2. The molecule has 1 rings (SSSR count). The van der Waals surface area contributed by atoms with Gasteiger partial charge in [0.2, 0.25) is 5.05 Å². The van der Waals surface area contributed by atoms with Gasteiger partial charge in [0.25, 0.3) is 0 Å². The second-order valence-electron chi connectivity index (χ2n) is 1.03. The average Bonchev–Trinajstić information content (AvgIpc) is 1.86. The first-order valence-corrected chi connectivity index (χ1v) is 2.13. The van der Waals surface area contributed by atoms with Crippen molar-refractivity contribution in [3.63, 3.8) is 0 Å². The van der Waals surface area contributed by atoms with Crippen molar-refractivity contribution in [1.29, 1.82) is 0 Å². The van der Waals surface area contributed by atoms with Crippen LogP contribution in [0.3, 0.4) is 0 Å². The summed E-state index contributed by atoms with van der Waals surface area (Å²) in [5, 5.41) is 0.565. The van der Waals surface area contributed by atoms with Crippen molar-refractivity contribution in [2.24, 2.45) is 0 Å². The Morgan fingerprint density at radius 2 is 2.50 bits per heavy atom. The summed E-state index contributed by atoms with van der Waals surface area (Å²) in [5.74, 6) is 0. The fourth-order valence-electron chi connectivity index (χ4n) is 0.274. The minimum Gasteiger partial charge on any atom is -0.330 e. The summed E-state index contributed by atoms with van der Waals surface area (Å²) in [4.78, 5) is 8.80. The van der Waals surface area contributed by atoms with Crippen LogP contribution in [0.4, 0.5) is 0 Å². The van der Waals surface area contributed by atoms with Crippen molar-refractivity contribution in [3.8, 4) is 0 Å². The Morgan fingerprint density at radius 3 is 2.67 bits per heavy atom. The van der Waals surface area contributed by atoms with Crippen LogP contribution in [0.25, 0.3) is 0 Å². The smallest absolute Gasteiger partial charge is 0.207 e. The van der Waals surface area contributed by atoms with Crippen LogP contribution < -0.4 is 0 Å². The van der Waals surface area contributed by atoms with Crippen molar-refractivity contribution in [1.82, 2.24) is 0 Å². The molecule has 0 atom stereocenters. The summed E-state index contributed by atoms with van der Waals surface area (Å²) in [6.45, 7) is 0.624. The van der Waals surface area contributed by atoms with Crippen molar-refractivity contribution >= 4 is 17.3 Å². The number of hydrogen-bond acceptors (Lipinski definition) is 3. The first-order chi connectivity index (χ1) is 2.89. The third-order valence-electron chi connectivity index (χ3n) is 0.541. The molecule has 0 amide bonds. The molecule has 0 aromatic rings. The number of rotatable bonds is 0. The van der Waals surface area contributed by atoms with Crippen LogP contribution in [-0.4, -0.2) is 11.7 Å². The van der Waals surface area contributed by atoms with Gasteiger partial charge < -0.3 is 4.89 Å². The maximum absolute atomic E-state index is 4.57. The minimum atomic E-state index is 0.565. The quantitative estimate of drug-likeness (QED) is 0.332. The zero-order valence-corrected chi connectivity index (χ0v) is 3.96. The molecule has 1 heterocycles. The molecule has 34 valence electrons. The van der Waals surface area contributed by atoms with Gasteiger partial charge in [-0.05, 0) is 12.2 Å². The van der Waals surface area contributed by atoms with Gasteiger partial charge in [-0.3, -0.25) is 0 Å². The van der Waals surface area contributed by atoms with Gasteiger partial charge in [0.1, 0.15) is 6.61 Å². The molecule has 1 aliphatic rings. The van der Waals surface area contributed by atoms with Crippen LogP contribution in [0.5, 0.6) is 0 Å². The third-order valence-corrected chi connectivity index (χ3v) is 0.814. The van der Waals surface area contributed by atoms with Crippen molar-refractivity contribution in [3.05, 3.63) is 0 Å². The first kappa shape index (κ1) is 4.02. The van der Waals surface area contributed by atoms with E-state index >= 15 is 0 Å². The average molecular weight is 104 g/mol. The van der Waals surface area contributed by atoms with Crippen LogP contribution in [0.1, 0.15) is 6.42 Å². The molecular weight excluding hydrogens is 100 g/mol. The van der Waals surface area contributed by atoms with Gasteiger partial charge in [0.05, 0.1) is 0 Å². The van der Waals surface area contributed by atoms with E-state index in [2.05, 4.69) is 22.0 Å². The molecule has 1 fully saturated rings. The zero-order valence-electron chi connectivity index (χ0n) is 3.14. The summed E-state index contributed by atoms with van der Waals surface area (Å²) in [7, 11) is 0. The van der Waals surface area contributed by atoms with Gasteiger partial charge in [-0.2, -0.15) is 4.89 Å². The van der Waals surface area contributed by atoms with E-state index in [1.165, 1.54) is 0 Å². The van der Waals surface area contributed by atoms with Gasteiger partial charge >= 0.3 is 0 Å². The molecule has 0 radical (unpaired) electrons. The van der Waals surface area contributed by atoms with E-state index in [0.717, 1.165) is 6.42 Å². The maximum atomic E-state index is 4.57. The van der Waals surface area contributed by atoms with E-state index in [4.69, 9.17) is 0 Å². The van der Waals surface area contributed by atoms with Crippen molar-refractivity contribution in [2.75, 3.05) is 6.61 Å². The normalized spacial score (nSPS) is 21.0. The highest BCUT2D eigenvalue weighted by Crippen LogP contribution is 1.99. The highest BCUT2D eigenvalue weighted by atomic mass is 32.1. The fraction of sp³-hybridized carbons (Fsp3) is 0.667. The summed E-state index contributed by atoms with van der Waals surface area (Å²) >= 11 is 4.57. The Balaban J connectivity index is 2.37. The molecule has 6 heavy (non-hydrogen) atoms. The zero-order chi connectivity index (χ0) is 4.41. The van der Waals surface area contributed by atoms with E-state index in [9.17, 15) is 0 Å². The number of hydrogen-bond donors (Lipinski definition) is 0. The fourth-order valence-corrected chi connectivity index (χ4v) is 0.406. The Bertz CT molecular complexity index is 63.2. The molecule has 0 aromatic carbocycles. The molecule has 0 bridgehead atoms. The second-order valence-corrected chi connectivity index (χ2v) is 1.48. The lowest BCUT2D eigenvalue weighted by atomic mass is 10.5. The molecule has 1 saturated heterocycles. The Kier molecular flexibility index (Phi) is 1.03. The molecular formula is C3H4O2S. The Labute approximate surface area is 41.0 Å². The highest BCUT2D eigenvalue weighted by molar-refractivity contribution is 7.80. The minimum absolute atomic E-state index is 0.565. The van der Waals surface area contributed by atoms with Crippen LogP contribution in [-0.2, 0) is 9.78 Å². The topological polar surface area (TPSA) is 18.5 Å². The molecule has 0 spiro atoms. The molecule has 1 aliphatic heterocycles. The SMILES string of the molecule is S=C1CCOO1. The Hall–Kier alpha value is -0.150. The van der Waals surface area contributed by atoms with Crippen LogP contribution in [0, 0.1) is 0 Å². The molecule has 0 saturated carbocycles. The monoisotopic (exact) mass is 104 g/mol. The lowest BCUT2D eigenvalue weighted by Gasteiger charge is -1.82. The maximum Gasteiger partial charge on any atom is 0.207 e. The molecule has 0 aliphatic carbocycles. The van der Waals surface area contributed by atoms with E-state index in [1.54, 1.807) is 0 Å². The van der Waals surface area contributed by atoms with E-state index in [0.29, 0.717) is 11.7 Å². The van der Waals surface area contributed by atoms with Gasteiger partial charge in [0.15, 0.2) is 0 Å². The van der Waals surface area contributed by atoms with Gasteiger partial charge in [-0.1, -0.05) is 0 Å². The van der Waals surface area contributed by atoms with Gasteiger partial charge in [-0.25, -0.2) is 0 Å². The van der Waals surface area contributed by atoms with E-state index in [-0.39, 0.29) is 0 Å². The summed E-state index contributed by atoms with van der Waals surface area (Å²) < 4.78 is 0. The molecule has 0 aromatic heterocycles. The van der Waals surface area contributed by atoms with Crippen LogP contribution in [0.15, 0.2) is 0 Å². The predicted molar refractivity (Wildman–Crippen MR) is 24.3 cm³/mol. The molecule has 0 unspecified atom stereocenters. The molecule has 3 heteroatoms. The summed E-state index contributed by atoms with van der Waals surface area (Å²) in [6, 6.07) is 0. The van der Waals surface area contributed by atoms with Gasteiger partial charge in [-0.15, -0.1) is 0 Å².